The molecule has 4 atom stereocenters. The summed E-state index contributed by atoms with van der Waals surface area (Å²) in [6.07, 6.45) is 0.783. The lowest BCUT2D eigenvalue weighted by molar-refractivity contribution is -0.152. The molecule has 1 saturated heterocycles. The maximum Gasteiger partial charge on any atom is 0.351 e. The van der Waals surface area contributed by atoms with Gasteiger partial charge in [-0.1, -0.05) is 13.8 Å². The molecule has 0 bridgehead atoms. The van der Waals surface area contributed by atoms with Crippen LogP contribution >= 0.6 is 0 Å². The number of aromatic nitrogens is 2. The minimum absolute atomic E-state index is 0.0296. The van der Waals surface area contributed by atoms with Crippen LogP contribution in [-0.2, 0) is 14.3 Å². The predicted octanol–water partition coefficient (Wildman–Crippen LogP) is -0.752. The van der Waals surface area contributed by atoms with Gasteiger partial charge in [0, 0.05) is 25.1 Å². The third-order valence-corrected chi connectivity index (χ3v) is 4.14. The second-order valence-corrected chi connectivity index (χ2v) is 6.25. The zero-order valence-corrected chi connectivity index (χ0v) is 13.8. The van der Waals surface area contributed by atoms with E-state index in [4.69, 9.17) is 20.9 Å². The lowest BCUT2D eigenvalue weighted by Crippen LogP contribution is -2.39. The number of esters is 1. The second-order valence-electron chi connectivity index (χ2n) is 6.25. The van der Waals surface area contributed by atoms with E-state index in [9.17, 15) is 14.7 Å². The lowest BCUT2D eigenvalue weighted by Gasteiger charge is -2.19. The minimum atomic E-state index is -0.710. The minimum Gasteiger partial charge on any atom is -0.462 e. The van der Waals surface area contributed by atoms with Gasteiger partial charge in [-0.2, -0.15) is 4.98 Å². The average molecular weight is 340 g/mol. The molecule has 1 fully saturated rings. The van der Waals surface area contributed by atoms with Crippen molar-refractivity contribution in [3.63, 3.8) is 0 Å². The normalized spacial score (nSPS) is 25.0. The largest absolute Gasteiger partial charge is 0.462 e. The molecule has 0 amide bonds. The molecule has 1 aromatic heterocycles. The average Bonchev–Trinajstić information content (AvgIpc) is 2.94. The van der Waals surface area contributed by atoms with Gasteiger partial charge in [0.15, 0.2) is 0 Å². The van der Waals surface area contributed by atoms with Crippen LogP contribution in [0.25, 0.3) is 0 Å². The van der Waals surface area contributed by atoms with Crippen LogP contribution in [0.15, 0.2) is 17.1 Å². The maximum absolute atomic E-state index is 11.9. The molecule has 9 heteroatoms. The molecule has 5 N–H and O–H groups in total. The lowest BCUT2D eigenvalue weighted by atomic mass is 10.0. The number of nitrogens with two attached hydrogens (primary N) is 2. The molecule has 134 valence electrons. The van der Waals surface area contributed by atoms with Gasteiger partial charge < -0.3 is 26.0 Å². The van der Waals surface area contributed by atoms with E-state index >= 15 is 0 Å². The molecule has 2 heterocycles. The SMILES string of the molecule is CC(C)[C@@H](N)C(=O)OC[C@@H]1O[C@H](n2ccc(N)nc2=O)CC1CO. The van der Waals surface area contributed by atoms with Crippen molar-refractivity contribution in [2.45, 2.75) is 38.6 Å². The first kappa shape index (κ1) is 18.4. The monoisotopic (exact) mass is 340 g/mol. The highest BCUT2D eigenvalue weighted by Gasteiger charge is 2.37. The van der Waals surface area contributed by atoms with Crippen molar-refractivity contribution in [1.82, 2.24) is 9.55 Å². The van der Waals surface area contributed by atoms with E-state index in [1.807, 2.05) is 13.8 Å². The van der Waals surface area contributed by atoms with Crippen LogP contribution in [0.2, 0.25) is 0 Å². The molecule has 2 rings (SSSR count). The van der Waals surface area contributed by atoms with Gasteiger partial charge in [-0.25, -0.2) is 4.79 Å². The van der Waals surface area contributed by atoms with E-state index in [-0.39, 0.29) is 30.9 Å². The Bertz CT molecular complexity index is 633. The molecular weight excluding hydrogens is 316 g/mol. The van der Waals surface area contributed by atoms with Crippen LogP contribution in [0, 0.1) is 11.8 Å². The van der Waals surface area contributed by atoms with Crippen LogP contribution in [0.1, 0.15) is 26.5 Å². The maximum atomic E-state index is 11.9. The van der Waals surface area contributed by atoms with Crippen LogP contribution in [0.5, 0.6) is 0 Å². The number of carbonyl (C=O) groups is 1. The third kappa shape index (κ3) is 4.11. The van der Waals surface area contributed by atoms with E-state index in [0.29, 0.717) is 6.42 Å². The Morgan fingerprint density at radius 1 is 1.58 bits per heavy atom. The number of nitrogen functional groups attached to an aromatic ring is 1. The number of hydrogen-bond donors (Lipinski definition) is 3. The molecule has 0 aliphatic carbocycles. The first-order valence-corrected chi connectivity index (χ1v) is 7.86. The van der Waals surface area contributed by atoms with E-state index < -0.39 is 30.0 Å². The van der Waals surface area contributed by atoms with Crippen molar-refractivity contribution in [2.24, 2.45) is 17.6 Å². The second kappa shape index (κ2) is 7.73. The van der Waals surface area contributed by atoms with Crippen molar-refractivity contribution in [3.05, 3.63) is 22.7 Å². The van der Waals surface area contributed by atoms with Gasteiger partial charge in [-0.15, -0.1) is 0 Å². The summed E-state index contributed by atoms with van der Waals surface area (Å²) in [5.74, 6) is -0.688. The molecule has 0 spiro atoms. The highest BCUT2D eigenvalue weighted by atomic mass is 16.6. The fraction of sp³-hybridized carbons (Fsp3) is 0.667. The highest BCUT2D eigenvalue weighted by molar-refractivity contribution is 5.75. The van der Waals surface area contributed by atoms with Crippen molar-refractivity contribution in [2.75, 3.05) is 18.9 Å². The standard InChI is InChI=1S/C15H24N4O5/c1-8(2)13(17)14(21)23-7-10-9(6-20)5-12(24-10)19-4-3-11(16)18-15(19)22/h3-4,8-10,12-13,20H,5-7,17H2,1-2H3,(H2,16,18,22)/t9?,10-,12-,13+/m0/s1. The molecule has 1 unspecified atom stereocenters. The zero-order valence-electron chi connectivity index (χ0n) is 13.8. The Kier molecular flexibility index (Phi) is 5.92. The Morgan fingerprint density at radius 2 is 2.29 bits per heavy atom. The number of rotatable bonds is 6. The van der Waals surface area contributed by atoms with E-state index in [1.165, 1.54) is 16.8 Å². The van der Waals surface area contributed by atoms with Gasteiger partial charge >= 0.3 is 11.7 Å². The number of anilines is 1. The summed E-state index contributed by atoms with van der Waals surface area (Å²) in [5.41, 5.74) is 10.7. The molecule has 0 radical (unpaired) electrons. The van der Waals surface area contributed by atoms with Gasteiger partial charge in [-0.05, 0) is 12.0 Å². The van der Waals surface area contributed by atoms with Gasteiger partial charge in [0.1, 0.15) is 24.7 Å². The van der Waals surface area contributed by atoms with Crippen LogP contribution in [0.4, 0.5) is 5.82 Å². The summed E-state index contributed by atoms with van der Waals surface area (Å²) in [6, 6.07) is 0.784. The molecule has 0 saturated carbocycles. The number of nitrogens with zero attached hydrogens (tertiary/aromatic N) is 2. The van der Waals surface area contributed by atoms with Crippen molar-refractivity contribution in [1.29, 1.82) is 0 Å². The van der Waals surface area contributed by atoms with Crippen LogP contribution < -0.4 is 17.2 Å². The summed E-state index contributed by atoms with van der Waals surface area (Å²) in [5, 5.41) is 9.51. The highest BCUT2D eigenvalue weighted by Crippen LogP contribution is 2.32. The number of aliphatic hydroxyl groups is 1. The quantitative estimate of drug-likeness (QED) is 0.574. The number of hydrogen-bond acceptors (Lipinski definition) is 8. The molecule has 9 nitrogen and oxygen atoms in total. The van der Waals surface area contributed by atoms with Crippen LogP contribution in [-0.4, -0.2) is 46.0 Å². The molecule has 1 aromatic rings. The van der Waals surface area contributed by atoms with E-state index in [1.54, 1.807) is 0 Å². The zero-order chi connectivity index (χ0) is 17.9. The molecule has 1 aliphatic heterocycles. The summed E-state index contributed by atoms with van der Waals surface area (Å²) in [7, 11) is 0. The Morgan fingerprint density at radius 3 is 2.88 bits per heavy atom. The third-order valence-electron chi connectivity index (χ3n) is 4.14. The molecule has 1 aliphatic rings. The van der Waals surface area contributed by atoms with Gasteiger partial charge in [0.05, 0.1) is 6.10 Å². The first-order valence-electron chi connectivity index (χ1n) is 7.86. The van der Waals surface area contributed by atoms with Crippen LogP contribution in [0.3, 0.4) is 0 Å². The first-order chi connectivity index (χ1) is 11.3. The Hall–Kier alpha value is -1.97. The number of ether oxygens (including phenoxy) is 2. The van der Waals surface area contributed by atoms with Gasteiger partial charge in [0.2, 0.25) is 0 Å². The topological polar surface area (TPSA) is 143 Å². The molecular formula is C15H24N4O5. The number of carbonyl (C=O) groups excluding carboxylic acids is 1. The van der Waals surface area contributed by atoms with Gasteiger partial charge in [-0.3, -0.25) is 9.36 Å². The Balaban J connectivity index is 2.01. The van der Waals surface area contributed by atoms with Crippen molar-refractivity contribution in [3.8, 4) is 0 Å². The fourth-order valence-corrected chi connectivity index (χ4v) is 2.50. The Labute approximate surface area is 139 Å². The summed E-state index contributed by atoms with van der Waals surface area (Å²) >= 11 is 0. The van der Waals surface area contributed by atoms with Crippen molar-refractivity contribution < 1.29 is 19.4 Å². The predicted molar refractivity (Wildman–Crippen MR) is 85.8 cm³/mol. The molecule has 24 heavy (non-hydrogen) atoms. The molecule has 0 aromatic carbocycles. The number of aliphatic hydroxyl groups excluding tert-OH is 1. The van der Waals surface area contributed by atoms with E-state index in [2.05, 4.69) is 4.98 Å². The fourth-order valence-electron chi connectivity index (χ4n) is 2.50. The van der Waals surface area contributed by atoms with Gasteiger partial charge in [0.25, 0.3) is 0 Å². The smallest absolute Gasteiger partial charge is 0.351 e. The summed E-state index contributed by atoms with van der Waals surface area (Å²) in [6.45, 7) is 3.47. The van der Waals surface area contributed by atoms with Crippen molar-refractivity contribution >= 4 is 11.8 Å². The summed E-state index contributed by atoms with van der Waals surface area (Å²) < 4.78 is 12.3. The van der Waals surface area contributed by atoms with E-state index in [0.717, 1.165) is 0 Å². The summed E-state index contributed by atoms with van der Waals surface area (Å²) in [4.78, 5) is 27.4.